The maximum Gasteiger partial charge on any atom is 0.402 e. The van der Waals surface area contributed by atoms with E-state index in [1.807, 2.05) is 6.92 Å². The van der Waals surface area contributed by atoms with Gasteiger partial charge in [-0.1, -0.05) is 6.92 Å². The molecular weight excluding hydrogens is 247 g/mol. The number of hydrogen-bond acceptors (Lipinski definition) is 3. The van der Waals surface area contributed by atoms with E-state index in [0.717, 1.165) is 0 Å². The van der Waals surface area contributed by atoms with Gasteiger partial charge in [-0.3, -0.25) is 0 Å². The Bertz CT molecular complexity index is 330. The zero-order valence-corrected chi connectivity index (χ0v) is 9.45. The van der Waals surface area contributed by atoms with Crippen molar-refractivity contribution in [2.45, 2.75) is 19.1 Å². The molecule has 5 nitrogen and oxygen atoms in total. The normalized spacial score (nSPS) is 27.2. The van der Waals surface area contributed by atoms with Crippen molar-refractivity contribution in [3.05, 3.63) is 0 Å². The summed E-state index contributed by atoms with van der Waals surface area (Å²) >= 11 is 0. The highest BCUT2D eigenvalue weighted by atomic mass is 32.2. The van der Waals surface area contributed by atoms with E-state index in [0.29, 0.717) is 13.1 Å². The van der Waals surface area contributed by atoms with Crippen LogP contribution in [0, 0.1) is 5.92 Å². The van der Waals surface area contributed by atoms with Crippen LogP contribution in [0.2, 0.25) is 0 Å². The minimum absolute atomic E-state index is 0.0578. The molecule has 2 atom stereocenters. The van der Waals surface area contributed by atoms with Gasteiger partial charge >= 0.3 is 6.18 Å². The second-order valence-corrected chi connectivity index (χ2v) is 5.33. The standard InChI is InChI=1S/C7H14F3N3O2S/c1-5-2-11-3-6(5)13-16(14,15)12-4-7(8,9)10/h5-6,11-13H,2-4H2,1H3. The van der Waals surface area contributed by atoms with Gasteiger partial charge in [-0.2, -0.15) is 31.0 Å². The smallest absolute Gasteiger partial charge is 0.315 e. The fourth-order valence-electron chi connectivity index (χ4n) is 1.39. The molecule has 1 saturated heterocycles. The average Bonchev–Trinajstić information content (AvgIpc) is 2.47. The van der Waals surface area contributed by atoms with E-state index in [-0.39, 0.29) is 12.0 Å². The maximum atomic E-state index is 11.8. The van der Waals surface area contributed by atoms with Gasteiger partial charge in [-0.15, -0.1) is 0 Å². The van der Waals surface area contributed by atoms with Crippen molar-refractivity contribution in [2.75, 3.05) is 19.6 Å². The van der Waals surface area contributed by atoms with Crippen molar-refractivity contribution in [1.29, 1.82) is 0 Å². The summed E-state index contributed by atoms with van der Waals surface area (Å²) in [5, 5.41) is 2.94. The van der Waals surface area contributed by atoms with Crippen molar-refractivity contribution < 1.29 is 21.6 Å². The van der Waals surface area contributed by atoms with Crippen molar-refractivity contribution in [3.8, 4) is 0 Å². The highest BCUT2D eigenvalue weighted by Gasteiger charge is 2.32. The summed E-state index contributed by atoms with van der Waals surface area (Å²) in [4.78, 5) is 0. The first-order valence-corrected chi connectivity index (χ1v) is 6.22. The van der Waals surface area contributed by atoms with E-state index < -0.39 is 22.9 Å². The van der Waals surface area contributed by atoms with E-state index in [9.17, 15) is 21.6 Å². The summed E-state index contributed by atoms with van der Waals surface area (Å²) in [5.74, 6) is 0.0578. The Morgan fingerprint density at radius 3 is 2.44 bits per heavy atom. The first-order valence-electron chi connectivity index (χ1n) is 4.74. The van der Waals surface area contributed by atoms with Crippen LogP contribution in [0.3, 0.4) is 0 Å². The second-order valence-electron chi connectivity index (χ2n) is 3.80. The van der Waals surface area contributed by atoms with Crippen molar-refractivity contribution >= 4 is 10.2 Å². The Balaban J connectivity index is 2.46. The molecule has 0 saturated carbocycles. The molecule has 0 amide bonds. The van der Waals surface area contributed by atoms with Crippen molar-refractivity contribution in [3.63, 3.8) is 0 Å². The molecule has 0 spiro atoms. The summed E-state index contributed by atoms with van der Waals surface area (Å²) in [6.07, 6.45) is -4.55. The third-order valence-electron chi connectivity index (χ3n) is 2.29. The van der Waals surface area contributed by atoms with Gasteiger partial charge in [0.05, 0.1) is 0 Å². The molecule has 0 aliphatic carbocycles. The lowest BCUT2D eigenvalue weighted by molar-refractivity contribution is -0.121. The lowest BCUT2D eigenvalue weighted by atomic mass is 10.1. The first-order chi connectivity index (χ1) is 7.20. The maximum absolute atomic E-state index is 11.8. The van der Waals surface area contributed by atoms with E-state index in [2.05, 4.69) is 10.0 Å². The van der Waals surface area contributed by atoms with Crippen LogP contribution >= 0.6 is 0 Å². The number of rotatable bonds is 4. The highest BCUT2D eigenvalue weighted by Crippen LogP contribution is 2.13. The predicted octanol–water partition coefficient (Wildman–Crippen LogP) is -0.419. The average molecular weight is 261 g/mol. The third kappa shape index (κ3) is 4.64. The van der Waals surface area contributed by atoms with Crippen LogP contribution in [-0.4, -0.2) is 40.3 Å². The molecule has 0 aromatic heterocycles. The molecule has 1 heterocycles. The van der Waals surface area contributed by atoms with Gasteiger partial charge in [0, 0.05) is 12.6 Å². The fourth-order valence-corrected chi connectivity index (χ4v) is 2.54. The van der Waals surface area contributed by atoms with Gasteiger partial charge < -0.3 is 5.32 Å². The Morgan fingerprint density at radius 2 is 2.00 bits per heavy atom. The molecule has 1 aliphatic heterocycles. The lowest BCUT2D eigenvalue weighted by Gasteiger charge is -2.17. The molecule has 96 valence electrons. The number of alkyl halides is 3. The van der Waals surface area contributed by atoms with Crippen molar-refractivity contribution in [2.24, 2.45) is 5.92 Å². The zero-order valence-electron chi connectivity index (χ0n) is 8.63. The van der Waals surface area contributed by atoms with Gasteiger partial charge in [0.15, 0.2) is 0 Å². The van der Waals surface area contributed by atoms with Crippen molar-refractivity contribution in [1.82, 2.24) is 14.8 Å². The topological polar surface area (TPSA) is 70.2 Å². The molecular formula is C7H14F3N3O2S. The molecule has 0 aromatic carbocycles. The van der Waals surface area contributed by atoms with Gasteiger partial charge in [0.2, 0.25) is 0 Å². The zero-order chi connectivity index (χ0) is 12.4. The molecule has 1 rings (SSSR count). The highest BCUT2D eigenvalue weighted by molar-refractivity contribution is 7.87. The largest absolute Gasteiger partial charge is 0.402 e. The summed E-state index contributed by atoms with van der Waals surface area (Å²) in [6.45, 7) is 1.33. The number of nitrogens with one attached hydrogen (secondary N) is 3. The van der Waals surface area contributed by atoms with Crippen LogP contribution in [0.1, 0.15) is 6.92 Å². The van der Waals surface area contributed by atoms with E-state index in [1.54, 1.807) is 0 Å². The molecule has 1 aliphatic rings. The lowest BCUT2D eigenvalue weighted by Crippen LogP contribution is -2.47. The molecule has 0 radical (unpaired) electrons. The second kappa shape index (κ2) is 4.86. The number of halogens is 3. The molecule has 2 unspecified atom stereocenters. The molecule has 1 fully saturated rings. The van der Waals surface area contributed by atoms with Crippen LogP contribution in [0.25, 0.3) is 0 Å². The Kier molecular flexibility index (Phi) is 4.16. The number of hydrogen-bond donors (Lipinski definition) is 3. The van der Waals surface area contributed by atoms with Gasteiger partial charge in [-0.05, 0) is 12.5 Å². The van der Waals surface area contributed by atoms with Crippen LogP contribution in [-0.2, 0) is 10.2 Å². The van der Waals surface area contributed by atoms with Crippen LogP contribution in [0.5, 0.6) is 0 Å². The Morgan fingerprint density at radius 1 is 1.38 bits per heavy atom. The van der Waals surface area contributed by atoms with Gasteiger partial charge in [0.25, 0.3) is 10.2 Å². The summed E-state index contributed by atoms with van der Waals surface area (Å²) in [7, 11) is -4.09. The predicted molar refractivity (Wildman–Crippen MR) is 51.9 cm³/mol. The van der Waals surface area contributed by atoms with Crippen LogP contribution in [0.4, 0.5) is 13.2 Å². The van der Waals surface area contributed by atoms with Crippen LogP contribution in [0.15, 0.2) is 0 Å². The van der Waals surface area contributed by atoms with Gasteiger partial charge in [-0.25, -0.2) is 0 Å². The monoisotopic (exact) mass is 261 g/mol. The van der Waals surface area contributed by atoms with Gasteiger partial charge in [0.1, 0.15) is 6.54 Å². The van der Waals surface area contributed by atoms with E-state index in [1.165, 1.54) is 4.72 Å². The van der Waals surface area contributed by atoms with E-state index in [4.69, 9.17) is 0 Å². The fraction of sp³-hybridized carbons (Fsp3) is 1.00. The molecule has 0 bridgehead atoms. The minimum Gasteiger partial charge on any atom is -0.315 e. The molecule has 16 heavy (non-hydrogen) atoms. The molecule has 3 N–H and O–H groups in total. The minimum atomic E-state index is -4.55. The Labute approximate surface area is 92.0 Å². The summed E-state index contributed by atoms with van der Waals surface area (Å²) in [5.41, 5.74) is 0. The summed E-state index contributed by atoms with van der Waals surface area (Å²) < 4.78 is 61.5. The molecule has 0 aromatic rings. The quantitative estimate of drug-likeness (QED) is 0.644. The third-order valence-corrected chi connectivity index (χ3v) is 3.42. The summed E-state index contributed by atoms with van der Waals surface area (Å²) in [6, 6.07) is -0.370. The Hall–Kier alpha value is -0.380. The molecule has 9 heteroatoms. The van der Waals surface area contributed by atoms with E-state index >= 15 is 0 Å². The van der Waals surface area contributed by atoms with Crippen LogP contribution < -0.4 is 14.8 Å². The SMILES string of the molecule is CC1CNCC1NS(=O)(=O)NCC(F)(F)F. The first kappa shape index (κ1) is 13.7.